The van der Waals surface area contributed by atoms with Gasteiger partial charge in [-0.25, -0.2) is 18.5 Å². The van der Waals surface area contributed by atoms with Crippen LogP contribution in [0.3, 0.4) is 0 Å². The molecule has 43 heavy (non-hydrogen) atoms. The second-order valence-electron chi connectivity index (χ2n) is 8.35. The molecule has 5 atom stereocenters. The van der Waals surface area contributed by atoms with E-state index >= 15 is 0 Å². The third kappa shape index (κ3) is 11.1. The van der Waals surface area contributed by atoms with Crippen LogP contribution < -0.4 is 21.9 Å². The van der Waals surface area contributed by atoms with E-state index in [-0.39, 0.29) is 0 Å². The molecular formula is C17H22F3N4O16P3. The van der Waals surface area contributed by atoms with Gasteiger partial charge in [0, 0.05) is 19.5 Å². The fourth-order valence-electron chi connectivity index (χ4n) is 3.24. The third-order valence-electron chi connectivity index (χ3n) is 5.03. The lowest BCUT2D eigenvalue weighted by atomic mass is 9.97. The first-order valence-electron chi connectivity index (χ1n) is 11.0. The molecule has 2 rings (SSSR count). The van der Waals surface area contributed by atoms with E-state index in [9.17, 15) is 60.9 Å². The number of hydrogen-bond acceptors (Lipinski definition) is 13. The predicted molar refractivity (Wildman–Crippen MR) is 131 cm³/mol. The summed E-state index contributed by atoms with van der Waals surface area (Å²) >= 11 is 0. The molecule has 26 heteroatoms. The summed E-state index contributed by atoms with van der Waals surface area (Å²) in [4.78, 5) is 85.1. The summed E-state index contributed by atoms with van der Waals surface area (Å²) in [7, 11) is -17.4. The van der Waals surface area contributed by atoms with Gasteiger partial charge in [0.25, 0.3) is 5.56 Å². The zero-order chi connectivity index (χ0) is 33.0. The van der Waals surface area contributed by atoms with Gasteiger partial charge in [-0.1, -0.05) is 5.92 Å². The van der Waals surface area contributed by atoms with Crippen LogP contribution in [-0.4, -0.2) is 83.5 Å². The van der Waals surface area contributed by atoms with Crippen molar-refractivity contribution in [2.75, 3.05) is 25.0 Å². The number of aliphatic hydroxyl groups is 1. The van der Waals surface area contributed by atoms with Gasteiger partial charge in [0.05, 0.1) is 25.8 Å². The Hall–Kier alpha value is -2.70. The van der Waals surface area contributed by atoms with Crippen LogP contribution in [0.4, 0.5) is 18.9 Å². The highest BCUT2D eigenvalue weighted by molar-refractivity contribution is 7.66. The standard InChI is InChI=1S/C17H22F3N4O16P3/c1-9(25)22-7-16(8-37-42(33,34)40-43(35,36)39-41(30,31)32)12(27)5-13(38-16)24-6-10(14(28)23-15(24)29)21-4-2-3-11(26)17(18,19)20/h6,12-13,21,27H,4-5,7-8H2,1H3,(H,22,25)(H,33,34)(H,35,36)(H,23,28,29)(H2,30,31,32)/t12-,13+,16+/m0/s1. The quantitative estimate of drug-likeness (QED) is 0.0710. The monoisotopic (exact) mass is 688 g/mol. The van der Waals surface area contributed by atoms with Crippen LogP contribution in [0.1, 0.15) is 19.6 Å². The summed E-state index contributed by atoms with van der Waals surface area (Å²) < 4.78 is 89.3. The number of aliphatic hydroxyl groups excluding tert-OH is 1. The first-order valence-corrected chi connectivity index (χ1v) is 15.6. The van der Waals surface area contributed by atoms with Crippen molar-refractivity contribution in [2.45, 2.75) is 37.5 Å². The average molecular weight is 688 g/mol. The molecule has 1 fully saturated rings. The normalized spacial score (nSPS) is 23.4. The molecule has 0 radical (unpaired) electrons. The SMILES string of the molecule is CC(=O)NC[C@]1(COP(=O)(O)OP(=O)(O)OP(=O)(O)O)O[C@@H](n2cc(NCC#CC(=O)C(F)(F)F)c(=O)[nH]c2=O)C[C@@H]1O. The number of carbonyl (C=O) groups is 2. The van der Waals surface area contributed by atoms with Crippen molar-refractivity contribution in [1.82, 2.24) is 14.9 Å². The molecule has 0 aliphatic carbocycles. The number of hydrogen-bond donors (Lipinski definition) is 8. The van der Waals surface area contributed by atoms with Crippen LogP contribution in [-0.2, 0) is 41.2 Å². The molecule has 0 saturated carbocycles. The molecule has 1 aromatic rings. The van der Waals surface area contributed by atoms with Crippen molar-refractivity contribution in [1.29, 1.82) is 0 Å². The number of aromatic nitrogens is 2. The van der Waals surface area contributed by atoms with Crippen LogP contribution in [0, 0.1) is 11.8 Å². The lowest BCUT2D eigenvalue weighted by Crippen LogP contribution is -2.52. The smallest absolute Gasteiger partial charge is 0.390 e. The molecule has 0 spiro atoms. The Morgan fingerprint density at radius 2 is 1.81 bits per heavy atom. The minimum absolute atomic E-state index is 0.473. The van der Waals surface area contributed by atoms with Crippen molar-refractivity contribution < 1.29 is 79.0 Å². The molecule has 1 aliphatic rings. The Labute approximate surface area is 236 Å². The van der Waals surface area contributed by atoms with Crippen molar-refractivity contribution in [2.24, 2.45) is 0 Å². The molecule has 1 amide bonds. The lowest BCUT2D eigenvalue weighted by molar-refractivity contribution is -0.164. The predicted octanol–water partition coefficient (Wildman–Crippen LogP) is -1.42. The number of carbonyl (C=O) groups excluding carboxylic acids is 2. The maximum Gasteiger partial charge on any atom is 0.490 e. The fourth-order valence-corrected chi connectivity index (χ4v) is 6.32. The van der Waals surface area contributed by atoms with Crippen molar-refractivity contribution >= 4 is 40.8 Å². The Bertz CT molecular complexity index is 1560. The molecule has 1 aromatic heterocycles. The minimum atomic E-state index is -5.91. The van der Waals surface area contributed by atoms with Crippen molar-refractivity contribution in [3.8, 4) is 11.8 Å². The number of phosphoric ester groups is 1. The highest BCUT2D eigenvalue weighted by atomic mass is 31.3. The van der Waals surface area contributed by atoms with Gasteiger partial charge >= 0.3 is 41.1 Å². The van der Waals surface area contributed by atoms with Crippen LogP contribution in [0.15, 0.2) is 15.8 Å². The fraction of sp³-hybridized carbons (Fsp3) is 0.529. The summed E-state index contributed by atoms with van der Waals surface area (Å²) in [6.07, 6.45) is -8.29. The molecule has 20 nitrogen and oxygen atoms in total. The number of halogens is 3. The molecular weight excluding hydrogens is 666 g/mol. The number of amides is 1. The highest BCUT2D eigenvalue weighted by Crippen LogP contribution is 2.66. The number of phosphoric acid groups is 3. The highest BCUT2D eigenvalue weighted by Gasteiger charge is 2.52. The van der Waals surface area contributed by atoms with Gasteiger partial charge in [-0.2, -0.15) is 21.8 Å². The summed E-state index contributed by atoms with van der Waals surface area (Å²) in [6.45, 7) is -1.61. The maximum atomic E-state index is 12.5. The van der Waals surface area contributed by atoms with Gasteiger partial charge in [0.1, 0.15) is 17.5 Å². The Balaban J connectivity index is 2.30. The molecule has 1 saturated heterocycles. The van der Waals surface area contributed by atoms with Crippen molar-refractivity contribution in [3.05, 3.63) is 27.0 Å². The van der Waals surface area contributed by atoms with E-state index in [1.165, 1.54) is 5.92 Å². The number of ether oxygens (including phenoxy) is 1. The van der Waals surface area contributed by atoms with E-state index in [1.807, 2.05) is 10.9 Å². The Morgan fingerprint density at radius 3 is 2.37 bits per heavy atom. The van der Waals surface area contributed by atoms with E-state index in [2.05, 4.69) is 23.8 Å². The molecule has 2 unspecified atom stereocenters. The number of aromatic amines is 1. The number of nitrogens with zero attached hydrogens (tertiary/aromatic N) is 1. The number of anilines is 1. The topological polar surface area (TPSA) is 302 Å². The van der Waals surface area contributed by atoms with E-state index in [0.29, 0.717) is 4.57 Å². The summed E-state index contributed by atoms with van der Waals surface area (Å²) in [5.74, 6) is 0.0341. The zero-order valence-electron chi connectivity index (χ0n) is 21.2. The van der Waals surface area contributed by atoms with Crippen molar-refractivity contribution in [3.63, 3.8) is 0 Å². The number of Topliss-reactive ketones (excluding diaryl/α,β-unsaturated/α-hetero) is 1. The molecule has 2 heterocycles. The van der Waals surface area contributed by atoms with E-state index < -0.39 is 102 Å². The summed E-state index contributed by atoms with van der Waals surface area (Å²) in [6, 6.07) is 0. The Kier molecular flexibility index (Phi) is 11.5. The molecule has 0 aromatic carbocycles. The number of ketones is 1. The molecule has 0 bridgehead atoms. The van der Waals surface area contributed by atoms with Gasteiger partial charge in [0.15, 0.2) is 0 Å². The van der Waals surface area contributed by atoms with Gasteiger partial charge in [-0.3, -0.25) is 28.5 Å². The first-order chi connectivity index (χ1) is 19.5. The van der Waals surface area contributed by atoms with Crippen LogP contribution in [0.2, 0.25) is 0 Å². The lowest BCUT2D eigenvalue weighted by Gasteiger charge is -2.32. The van der Waals surface area contributed by atoms with E-state index in [0.717, 1.165) is 13.1 Å². The zero-order valence-corrected chi connectivity index (χ0v) is 23.9. The number of nitrogens with one attached hydrogen (secondary N) is 3. The Morgan fingerprint density at radius 1 is 1.19 bits per heavy atom. The molecule has 1 aliphatic heterocycles. The van der Waals surface area contributed by atoms with Crippen LogP contribution in [0.5, 0.6) is 0 Å². The third-order valence-corrected chi connectivity index (χ3v) is 8.81. The number of alkyl halides is 3. The maximum absolute atomic E-state index is 12.5. The molecule has 242 valence electrons. The van der Waals surface area contributed by atoms with Gasteiger partial charge in [-0.15, -0.1) is 0 Å². The largest absolute Gasteiger partial charge is 0.490 e. The number of rotatable bonds is 12. The summed E-state index contributed by atoms with van der Waals surface area (Å²) in [5.41, 5.74) is -4.94. The number of H-pyrrole nitrogens is 1. The average Bonchev–Trinajstić information content (AvgIpc) is 3.13. The van der Waals surface area contributed by atoms with E-state index in [4.69, 9.17) is 14.5 Å². The van der Waals surface area contributed by atoms with Crippen LogP contribution >= 0.6 is 23.5 Å². The second-order valence-corrected chi connectivity index (χ2v) is 12.8. The van der Waals surface area contributed by atoms with Gasteiger partial charge in [0.2, 0.25) is 5.91 Å². The minimum Gasteiger partial charge on any atom is -0.390 e. The van der Waals surface area contributed by atoms with Gasteiger partial charge in [-0.05, 0) is 5.92 Å². The summed E-state index contributed by atoms with van der Waals surface area (Å²) in [5, 5.41) is 15.2. The van der Waals surface area contributed by atoms with E-state index in [1.54, 1.807) is 0 Å². The second kappa shape index (κ2) is 13.5. The van der Waals surface area contributed by atoms with Crippen LogP contribution in [0.25, 0.3) is 0 Å². The first kappa shape index (κ1) is 36.5. The van der Waals surface area contributed by atoms with Gasteiger partial charge < -0.3 is 40.1 Å². The molecule has 8 N–H and O–H groups in total.